The molecule has 3 aromatic rings. The highest BCUT2D eigenvalue weighted by molar-refractivity contribution is 7.89. The average molecular weight is 492 g/mol. The first kappa shape index (κ1) is 21.8. The minimum atomic E-state index is -3.81. The number of likely N-dealkylation sites (tertiary alicyclic amines) is 1. The topological polar surface area (TPSA) is 79.8 Å². The van der Waals surface area contributed by atoms with Crippen LogP contribution in [-0.2, 0) is 14.8 Å². The second-order valence-electron chi connectivity index (χ2n) is 7.84. The summed E-state index contributed by atoms with van der Waals surface area (Å²) in [7, 11) is -3.81. The predicted octanol–water partition coefficient (Wildman–Crippen LogP) is 3.95. The Hall–Kier alpha value is -2.04. The van der Waals surface area contributed by atoms with Crippen LogP contribution in [0.1, 0.15) is 34.2 Å². The van der Waals surface area contributed by atoms with Crippen molar-refractivity contribution in [2.45, 2.75) is 23.8 Å². The zero-order valence-electron chi connectivity index (χ0n) is 17.2. The second kappa shape index (κ2) is 8.72. The van der Waals surface area contributed by atoms with Crippen molar-refractivity contribution in [3.8, 4) is 0 Å². The van der Waals surface area contributed by atoms with Crippen molar-refractivity contribution in [3.05, 3.63) is 58.1 Å². The Morgan fingerprint density at radius 1 is 1.12 bits per heavy atom. The van der Waals surface area contributed by atoms with Crippen molar-refractivity contribution in [1.29, 1.82) is 0 Å². The molecule has 0 bridgehead atoms. The summed E-state index contributed by atoms with van der Waals surface area (Å²) in [5.41, 5.74) is 1.24. The minimum absolute atomic E-state index is 0.0392. The summed E-state index contributed by atoms with van der Waals surface area (Å²) in [5, 5.41) is 1.02. The number of carbonyl (C=O) groups is 1. The van der Waals surface area contributed by atoms with E-state index in [4.69, 9.17) is 21.3 Å². The third-order valence-corrected chi connectivity index (χ3v) is 9.39. The molecule has 168 valence electrons. The third kappa shape index (κ3) is 3.92. The van der Waals surface area contributed by atoms with E-state index in [1.54, 1.807) is 22.3 Å². The Bertz CT molecular complexity index is 1240. The van der Waals surface area contributed by atoms with E-state index in [1.807, 2.05) is 24.3 Å². The summed E-state index contributed by atoms with van der Waals surface area (Å²) >= 11 is 7.86. The van der Waals surface area contributed by atoms with Crippen LogP contribution < -0.4 is 0 Å². The molecule has 0 unspecified atom stereocenters. The molecule has 1 aromatic heterocycles. The number of sulfonamides is 1. The van der Waals surface area contributed by atoms with Crippen LogP contribution in [0, 0.1) is 0 Å². The molecular formula is C22H22ClN3O4S2. The van der Waals surface area contributed by atoms with Gasteiger partial charge in [0.15, 0.2) is 0 Å². The number of ether oxygens (including phenoxy) is 1. The Labute approximate surface area is 195 Å². The molecule has 32 heavy (non-hydrogen) atoms. The summed E-state index contributed by atoms with van der Waals surface area (Å²) in [4.78, 5) is 19.9. The van der Waals surface area contributed by atoms with E-state index < -0.39 is 10.0 Å². The lowest BCUT2D eigenvalue weighted by Gasteiger charge is -2.27. The summed E-state index contributed by atoms with van der Waals surface area (Å²) in [6, 6.07) is 12.3. The van der Waals surface area contributed by atoms with Gasteiger partial charge in [0.05, 0.1) is 34.5 Å². The number of carbonyl (C=O) groups excluding carboxylic acids is 1. The van der Waals surface area contributed by atoms with Gasteiger partial charge in [-0.3, -0.25) is 4.79 Å². The van der Waals surface area contributed by atoms with Crippen molar-refractivity contribution in [2.24, 2.45) is 0 Å². The number of morpholine rings is 1. The molecular weight excluding hydrogens is 470 g/mol. The fourth-order valence-electron chi connectivity index (χ4n) is 4.23. The highest BCUT2D eigenvalue weighted by Gasteiger charge is 2.34. The molecule has 3 heterocycles. The zero-order chi connectivity index (χ0) is 22.3. The number of hydrogen-bond donors (Lipinski definition) is 0. The highest BCUT2D eigenvalue weighted by atomic mass is 35.5. The third-order valence-electron chi connectivity index (χ3n) is 5.88. The van der Waals surface area contributed by atoms with E-state index in [0.29, 0.717) is 25.3 Å². The molecule has 0 saturated carbocycles. The molecule has 0 N–H and O–H groups in total. The van der Waals surface area contributed by atoms with Gasteiger partial charge in [-0.2, -0.15) is 4.31 Å². The fraction of sp³-hybridized carbons (Fsp3) is 0.364. The van der Waals surface area contributed by atoms with Gasteiger partial charge in [-0.15, -0.1) is 11.3 Å². The van der Waals surface area contributed by atoms with E-state index in [1.165, 1.54) is 16.4 Å². The van der Waals surface area contributed by atoms with E-state index in [-0.39, 0.29) is 35.0 Å². The van der Waals surface area contributed by atoms with E-state index in [9.17, 15) is 13.2 Å². The molecule has 2 aliphatic heterocycles. The van der Waals surface area contributed by atoms with Crippen LogP contribution in [0.25, 0.3) is 10.2 Å². The minimum Gasteiger partial charge on any atom is -0.379 e. The molecule has 5 rings (SSSR count). The standard InChI is InChI=1S/C22H22ClN3O4S2/c23-16-8-7-15(14-20(16)32(28,29)25-10-12-30-13-11-25)22(27)26-9-3-5-18(26)21-24-17-4-1-2-6-19(17)31-21/h1-2,4,6-8,14,18H,3,5,9-13H2/t18-/m1/s1. The summed E-state index contributed by atoms with van der Waals surface area (Å²) in [6.07, 6.45) is 1.71. The van der Waals surface area contributed by atoms with Gasteiger partial charge in [-0.1, -0.05) is 23.7 Å². The maximum absolute atomic E-state index is 13.4. The average Bonchev–Trinajstić information content (AvgIpc) is 3.46. The van der Waals surface area contributed by atoms with Crippen LogP contribution in [0.4, 0.5) is 0 Å². The molecule has 2 fully saturated rings. The normalized spacial score (nSPS) is 20.2. The number of nitrogens with zero attached hydrogens (tertiary/aromatic N) is 3. The first-order chi connectivity index (χ1) is 15.4. The summed E-state index contributed by atoms with van der Waals surface area (Å²) < 4.78 is 34.0. The first-order valence-electron chi connectivity index (χ1n) is 10.5. The molecule has 10 heteroatoms. The van der Waals surface area contributed by atoms with Gasteiger partial charge in [0.2, 0.25) is 10.0 Å². The largest absolute Gasteiger partial charge is 0.379 e. The van der Waals surface area contributed by atoms with E-state index in [2.05, 4.69) is 0 Å². The molecule has 1 amide bonds. The van der Waals surface area contributed by atoms with Crippen LogP contribution in [0.3, 0.4) is 0 Å². The predicted molar refractivity (Wildman–Crippen MR) is 124 cm³/mol. The van der Waals surface area contributed by atoms with Gasteiger partial charge in [-0.05, 0) is 43.2 Å². The van der Waals surface area contributed by atoms with Crippen LogP contribution >= 0.6 is 22.9 Å². The summed E-state index contributed by atoms with van der Waals surface area (Å²) in [5.74, 6) is -0.207. The first-order valence-corrected chi connectivity index (χ1v) is 13.1. The number of aromatic nitrogens is 1. The zero-order valence-corrected chi connectivity index (χ0v) is 19.6. The lowest BCUT2D eigenvalue weighted by molar-refractivity contribution is 0.0727. The van der Waals surface area contributed by atoms with Crippen molar-refractivity contribution in [1.82, 2.24) is 14.2 Å². The van der Waals surface area contributed by atoms with E-state index >= 15 is 0 Å². The maximum Gasteiger partial charge on any atom is 0.254 e. The lowest BCUT2D eigenvalue weighted by Crippen LogP contribution is -2.40. The Kier molecular flexibility index (Phi) is 5.94. The maximum atomic E-state index is 13.4. The van der Waals surface area contributed by atoms with Crippen LogP contribution in [0.2, 0.25) is 5.02 Å². The summed E-state index contributed by atoms with van der Waals surface area (Å²) in [6.45, 7) is 1.82. The van der Waals surface area contributed by atoms with Gasteiger partial charge >= 0.3 is 0 Å². The van der Waals surface area contributed by atoms with Gasteiger partial charge in [0.25, 0.3) is 5.91 Å². The number of halogens is 1. The Morgan fingerprint density at radius 3 is 2.69 bits per heavy atom. The van der Waals surface area contributed by atoms with Crippen LogP contribution in [0.5, 0.6) is 0 Å². The number of amides is 1. The van der Waals surface area contributed by atoms with Crippen molar-refractivity contribution >= 4 is 49.1 Å². The number of para-hydroxylation sites is 1. The number of rotatable bonds is 4. The van der Waals surface area contributed by atoms with Gasteiger partial charge in [0.1, 0.15) is 9.90 Å². The molecule has 0 radical (unpaired) electrons. The Balaban J connectivity index is 1.45. The lowest BCUT2D eigenvalue weighted by atomic mass is 10.1. The number of thiazole rings is 1. The quantitative estimate of drug-likeness (QED) is 0.552. The van der Waals surface area contributed by atoms with Gasteiger partial charge in [-0.25, -0.2) is 13.4 Å². The molecule has 0 aliphatic carbocycles. The molecule has 2 saturated heterocycles. The highest BCUT2D eigenvalue weighted by Crippen LogP contribution is 2.37. The van der Waals surface area contributed by atoms with Gasteiger partial charge in [0, 0.05) is 25.2 Å². The number of benzene rings is 2. The fourth-order valence-corrected chi connectivity index (χ4v) is 7.25. The van der Waals surface area contributed by atoms with Crippen molar-refractivity contribution in [2.75, 3.05) is 32.8 Å². The second-order valence-corrected chi connectivity index (χ2v) is 11.2. The molecule has 2 aromatic carbocycles. The van der Waals surface area contributed by atoms with Gasteiger partial charge < -0.3 is 9.64 Å². The van der Waals surface area contributed by atoms with Crippen LogP contribution in [-0.4, -0.2) is 61.4 Å². The van der Waals surface area contributed by atoms with Crippen molar-refractivity contribution < 1.29 is 17.9 Å². The SMILES string of the molecule is O=C(c1ccc(Cl)c(S(=O)(=O)N2CCOCC2)c1)N1CCC[C@@H]1c1nc2ccccc2s1. The monoisotopic (exact) mass is 491 g/mol. The molecule has 7 nitrogen and oxygen atoms in total. The smallest absolute Gasteiger partial charge is 0.254 e. The number of fused-ring (bicyclic) bond motifs is 1. The van der Waals surface area contributed by atoms with E-state index in [0.717, 1.165) is 28.1 Å². The van der Waals surface area contributed by atoms with Crippen molar-refractivity contribution in [3.63, 3.8) is 0 Å². The Morgan fingerprint density at radius 2 is 1.91 bits per heavy atom. The molecule has 0 spiro atoms. The van der Waals surface area contributed by atoms with Crippen LogP contribution in [0.15, 0.2) is 47.4 Å². The molecule has 2 aliphatic rings. The number of hydrogen-bond acceptors (Lipinski definition) is 6. The molecule has 1 atom stereocenters.